The summed E-state index contributed by atoms with van der Waals surface area (Å²) in [5.74, 6) is 0.882. The molecule has 2 aromatic rings. The number of hydrogen-bond acceptors (Lipinski definition) is 2. The molecule has 0 aliphatic heterocycles. The fourth-order valence-corrected chi connectivity index (χ4v) is 3.78. The summed E-state index contributed by atoms with van der Waals surface area (Å²) in [4.78, 5) is 4.69. The number of benzene rings is 1. The van der Waals surface area contributed by atoms with E-state index in [9.17, 15) is 0 Å². The molecular formula is C16H20Cl2N2O. The highest BCUT2D eigenvalue weighted by Crippen LogP contribution is 2.53. The van der Waals surface area contributed by atoms with E-state index in [1.54, 1.807) is 7.11 Å². The molecule has 0 amide bonds. The van der Waals surface area contributed by atoms with Crippen LogP contribution < -0.4 is 0 Å². The average molecular weight is 327 g/mol. The first kappa shape index (κ1) is 15.1. The fraction of sp³-hybridized carbons (Fsp3) is 0.562. The van der Waals surface area contributed by atoms with Crippen LogP contribution in [-0.2, 0) is 4.74 Å². The molecule has 1 aromatic heterocycles. The Hall–Kier alpha value is -0.770. The Morgan fingerprint density at radius 1 is 1.43 bits per heavy atom. The summed E-state index contributed by atoms with van der Waals surface area (Å²) < 4.78 is 7.83. The number of para-hydroxylation sites is 1. The van der Waals surface area contributed by atoms with Crippen molar-refractivity contribution in [3.63, 3.8) is 0 Å². The largest absolute Gasteiger partial charge is 0.381 e. The van der Waals surface area contributed by atoms with Gasteiger partial charge in [-0.15, -0.1) is 11.6 Å². The van der Waals surface area contributed by atoms with Gasteiger partial charge in [-0.05, 0) is 25.5 Å². The molecule has 1 aliphatic carbocycles. The molecule has 1 saturated carbocycles. The van der Waals surface area contributed by atoms with E-state index in [0.29, 0.717) is 11.1 Å². The Labute approximate surface area is 135 Å². The van der Waals surface area contributed by atoms with Crippen molar-refractivity contribution in [3.05, 3.63) is 29.0 Å². The lowest BCUT2D eigenvalue weighted by molar-refractivity contribution is -0.112. The number of nitrogens with zero attached hydrogens (tertiary/aromatic N) is 2. The standard InChI is InChI=1S/C16H20Cl2N2O/c1-9(17)15-19-14-10(18)6-5-7-11(14)20(15)12-8-13(21-4)16(12,2)3/h5-7,9,12-13H,8H2,1-4H3. The molecule has 1 heterocycles. The van der Waals surface area contributed by atoms with Gasteiger partial charge in [0.05, 0.1) is 22.0 Å². The number of rotatable bonds is 3. The van der Waals surface area contributed by atoms with E-state index < -0.39 is 0 Å². The number of imidazole rings is 1. The highest BCUT2D eigenvalue weighted by Gasteiger charge is 2.50. The van der Waals surface area contributed by atoms with Crippen LogP contribution in [0.2, 0.25) is 5.02 Å². The van der Waals surface area contributed by atoms with Gasteiger partial charge in [0.15, 0.2) is 0 Å². The predicted octanol–water partition coefficient (Wildman–Crippen LogP) is 4.98. The summed E-state index contributed by atoms with van der Waals surface area (Å²) in [5.41, 5.74) is 1.93. The van der Waals surface area contributed by atoms with Crippen LogP contribution in [0.15, 0.2) is 18.2 Å². The maximum atomic E-state index is 6.36. The van der Waals surface area contributed by atoms with E-state index in [1.165, 1.54) is 0 Å². The van der Waals surface area contributed by atoms with Crippen molar-refractivity contribution >= 4 is 34.2 Å². The number of methoxy groups -OCH3 is 1. The molecule has 3 unspecified atom stereocenters. The average Bonchev–Trinajstić information content (AvgIpc) is 2.79. The third kappa shape index (κ3) is 2.18. The molecule has 1 aliphatic rings. The molecule has 0 spiro atoms. The first-order chi connectivity index (χ1) is 9.87. The molecule has 3 rings (SSSR count). The molecule has 0 saturated heterocycles. The van der Waals surface area contributed by atoms with Crippen LogP contribution in [0, 0.1) is 5.41 Å². The second-order valence-corrected chi connectivity index (χ2v) is 7.42. The lowest BCUT2D eigenvalue weighted by atomic mass is 9.64. The van der Waals surface area contributed by atoms with E-state index in [4.69, 9.17) is 27.9 Å². The summed E-state index contributed by atoms with van der Waals surface area (Å²) in [6.45, 7) is 6.41. The lowest BCUT2D eigenvalue weighted by Gasteiger charge is -2.52. The summed E-state index contributed by atoms with van der Waals surface area (Å²) in [5, 5.41) is 0.510. The van der Waals surface area contributed by atoms with Gasteiger partial charge in [-0.3, -0.25) is 0 Å². The van der Waals surface area contributed by atoms with Crippen LogP contribution in [0.1, 0.15) is 44.4 Å². The number of alkyl halides is 1. The van der Waals surface area contributed by atoms with Gasteiger partial charge >= 0.3 is 0 Å². The number of halogens is 2. The van der Waals surface area contributed by atoms with Gasteiger partial charge in [-0.1, -0.05) is 31.5 Å². The second-order valence-electron chi connectivity index (χ2n) is 6.36. The second kappa shape index (κ2) is 5.15. The monoisotopic (exact) mass is 326 g/mol. The van der Waals surface area contributed by atoms with Crippen LogP contribution >= 0.6 is 23.2 Å². The third-order valence-corrected chi connectivity index (χ3v) is 5.28. The molecule has 0 N–H and O–H groups in total. The molecule has 3 atom stereocenters. The first-order valence-electron chi connectivity index (χ1n) is 7.21. The molecule has 114 valence electrons. The normalized spacial score (nSPS) is 25.8. The Morgan fingerprint density at radius 3 is 2.71 bits per heavy atom. The Morgan fingerprint density at radius 2 is 2.14 bits per heavy atom. The lowest BCUT2D eigenvalue weighted by Crippen LogP contribution is -2.51. The van der Waals surface area contributed by atoms with Crippen molar-refractivity contribution in [2.45, 2.75) is 44.7 Å². The Kier molecular flexibility index (Phi) is 3.71. The highest BCUT2D eigenvalue weighted by molar-refractivity contribution is 6.35. The van der Waals surface area contributed by atoms with Crippen molar-refractivity contribution < 1.29 is 4.74 Å². The molecule has 5 heteroatoms. The zero-order chi connectivity index (χ0) is 15.4. The summed E-state index contributed by atoms with van der Waals surface area (Å²) in [7, 11) is 1.77. The van der Waals surface area contributed by atoms with E-state index in [1.807, 2.05) is 19.1 Å². The first-order valence-corrected chi connectivity index (χ1v) is 8.02. The van der Waals surface area contributed by atoms with Crippen LogP contribution in [0.3, 0.4) is 0 Å². The van der Waals surface area contributed by atoms with E-state index >= 15 is 0 Å². The molecule has 0 radical (unpaired) electrons. The quantitative estimate of drug-likeness (QED) is 0.744. The number of hydrogen-bond donors (Lipinski definition) is 0. The number of aromatic nitrogens is 2. The molecule has 0 bridgehead atoms. The molecule has 1 fully saturated rings. The van der Waals surface area contributed by atoms with Gasteiger partial charge in [0, 0.05) is 18.6 Å². The number of ether oxygens (including phenoxy) is 1. The van der Waals surface area contributed by atoms with E-state index in [-0.39, 0.29) is 16.9 Å². The summed E-state index contributed by atoms with van der Waals surface area (Å²) >= 11 is 12.7. The maximum absolute atomic E-state index is 6.36. The summed E-state index contributed by atoms with van der Waals surface area (Å²) in [6.07, 6.45) is 1.23. The Bertz CT molecular complexity index is 678. The minimum Gasteiger partial charge on any atom is -0.381 e. The topological polar surface area (TPSA) is 27.1 Å². The van der Waals surface area contributed by atoms with Gasteiger partial charge in [-0.25, -0.2) is 4.98 Å². The van der Waals surface area contributed by atoms with E-state index in [2.05, 4.69) is 29.5 Å². The smallest absolute Gasteiger partial charge is 0.128 e. The predicted molar refractivity (Wildman–Crippen MR) is 87.2 cm³/mol. The zero-order valence-electron chi connectivity index (χ0n) is 12.7. The van der Waals surface area contributed by atoms with Crippen LogP contribution in [-0.4, -0.2) is 22.8 Å². The molecule has 21 heavy (non-hydrogen) atoms. The molecule has 3 nitrogen and oxygen atoms in total. The van der Waals surface area contributed by atoms with Crippen molar-refractivity contribution in [3.8, 4) is 0 Å². The van der Waals surface area contributed by atoms with Gasteiger partial charge in [0.1, 0.15) is 11.3 Å². The molecule has 1 aromatic carbocycles. The zero-order valence-corrected chi connectivity index (χ0v) is 14.2. The van der Waals surface area contributed by atoms with Crippen molar-refractivity contribution in [1.82, 2.24) is 9.55 Å². The van der Waals surface area contributed by atoms with Crippen LogP contribution in [0.25, 0.3) is 11.0 Å². The third-order valence-electron chi connectivity index (χ3n) is 4.78. The minimum atomic E-state index is -0.161. The van der Waals surface area contributed by atoms with Crippen molar-refractivity contribution in [2.24, 2.45) is 5.41 Å². The fourth-order valence-electron chi connectivity index (χ4n) is 3.41. The Balaban J connectivity index is 2.18. The van der Waals surface area contributed by atoms with Crippen LogP contribution in [0.4, 0.5) is 0 Å². The highest BCUT2D eigenvalue weighted by atomic mass is 35.5. The van der Waals surface area contributed by atoms with Crippen molar-refractivity contribution in [2.75, 3.05) is 7.11 Å². The van der Waals surface area contributed by atoms with Gasteiger partial charge in [-0.2, -0.15) is 0 Å². The van der Waals surface area contributed by atoms with Gasteiger partial charge in [0.2, 0.25) is 0 Å². The van der Waals surface area contributed by atoms with Crippen LogP contribution in [0.5, 0.6) is 0 Å². The van der Waals surface area contributed by atoms with Crippen molar-refractivity contribution in [1.29, 1.82) is 0 Å². The minimum absolute atomic E-state index is 0.0469. The summed E-state index contributed by atoms with van der Waals surface area (Å²) in [6, 6.07) is 6.22. The SMILES string of the molecule is COC1CC(n2c(C(C)Cl)nc3c(Cl)cccc32)C1(C)C. The molecular weight excluding hydrogens is 307 g/mol. The van der Waals surface area contributed by atoms with Gasteiger partial charge < -0.3 is 9.30 Å². The van der Waals surface area contributed by atoms with E-state index in [0.717, 1.165) is 23.3 Å². The number of fused-ring (bicyclic) bond motifs is 1. The van der Waals surface area contributed by atoms with Gasteiger partial charge in [0.25, 0.3) is 0 Å². The maximum Gasteiger partial charge on any atom is 0.128 e.